The number of fused-ring (bicyclic) bond motifs is 1. The number of aromatic nitrogens is 3. The monoisotopic (exact) mass is 412 g/mol. The highest BCUT2D eigenvalue weighted by Gasteiger charge is 2.37. The molecule has 1 aliphatic rings. The molecule has 0 unspecified atom stereocenters. The Morgan fingerprint density at radius 2 is 1.47 bits per heavy atom. The molecular weight excluding hydrogens is 396 g/mol. The Kier molecular flexibility index (Phi) is 4.65. The molecule has 0 radical (unpaired) electrons. The van der Waals surface area contributed by atoms with E-state index in [1.54, 1.807) is 36.7 Å². The first-order valence-corrected chi connectivity index (χ1v) is 10.4. The van der Waals surface area contributed by atoms with Crippen molar-refractivity contribution in [2.24, 2.45) is 0 Å². The molecule has 0 saturated carbocycles. The van der Waals surface area contributed by atoms with Crippen LogP contribution in [0, 0.1) is 0 Å². The molecule has 2 amide bonds. The smallest absolute Gasteiger partial charge is 0.266 e. The van der Waals surface area contributed by atoms with Gasteiger partial charge >= 0.3 is 0 Å². The van der Waals surface area contributed by atoms with E-state index in [2.05, 4.69) is 9.97 Å². The molecule has 0 N–H and O–H groups in total. The normalized spacial score (nSPS) is 13.0. The van der Waals surface area contributed by atoms with Gasteiger partial charge in [0.05, 0.1) is 16.8 Å². The first kappa shape index (κ1) is 18.3. The van der Waals surface area contributed by atoms with Gasteiger partial charge in [-0.2, -0.15) is 0 Å². The molecule has 2 aromatic carbocycles. The molecule has 6 nitrogen and oxygen atoms in total. The molecule has 30 heavy (non-hydrogen) atoms. The van der Waals surface area contributed by atoms with Gasteiger partial charge < -0.3 is 0 Å². The van der Waals surface area contributed by atoms with E-state index >= 15 is 0 Å². The number of hydrogen-bond acceptors (Lipinski definition) is 5. The molecule has 0 saturated heterocycles. The topological polar surface area (TPSA) is 68.1 Å². The van der Waals surface area contributed by atoms with Crippen LogP contribution in [0.25, 0.3) is 5.82 Å². The minimum atomic E-state index is -0.289. The summed E-state index contributed by atoms with van der Waals surface area (Å²) >= 11 is 1.52. The molecule has 5 rings (SSSR count). The zero-order valence-electron chi connectivity index (χ0n) is 15.8. The fraction of sp³-hybridized carbons (Fsp3) is 0.0435. The number of amides is 2. The molecule has 0 spiro atoms. The molecule has 3 heterocycles. The fourth-order valence-electron chi connectivity index (χ4n) is 3.47. The standard InChI is InChI=1S/C23H16N4O2S/c28-21-17-8-2-3-9-18(17)22(29)27(21)19-10-4-1-7-16(19)15-30-23-25-13-14-26(23)20-11-5-6-12-24-20/h1-14H,15H2. The van der Waals surface area contributed by atoms with Gasteiger partial charge in [0.15, 0.2) is 5.16 Å². The van der Waals surface area contributed by atoms with Gasteiger partial charge in [0.25, 0.3) is 11.8 Å². The van der Waals surface area contributed by atoms with E-state index in [4.69, 9.17) is 0 Å². The van der Waals surface area contributed by atoms with Crippen LogP contribution in [0.2, 0.25) is 0 Å². The van der Waals surface area contributed by atoms with E-state index in [1.807, 2.05) is 53.2 Å². The first-order valence-electron chi connectivity index (χ1n) is 9.37. The average Bonchev–Trinajstić information content (AvgIpc) is 3.36. The second kappa shape index (κ2) is 7.61. The van der Waals surface area contributed by atoms with E-state index in [0.717, 1.165) is 16.5 Å². The van der Waals surface area contributed by atoms with Crippen molar-refractivity contribution in [3.63, 3.8) is 0 Å². The maximum Gasteiger partial charge on any atom is 0.266 e. The number of imide groups is 1. The van der Waals surface area contributed by atoms with Crippen molar-refractivity contribution in [2.75, 3.05) is 4.90 Å². The van der Waals surface area contributed by atoms with Gasteiger partial charge in [0, 0.05) is 24.3 Å². The van der Waals surface area contributed by atoms with Gasteiger partial charge in [-0.25, -0.2) is 14.9 Å². The van der Waals surface area contributed by atoms with E-state index in [0.29, 0.717) is 22.6 Å². The highest BCUT2D eigenvalue weighted by atomic mass is 32.2. The van der Waals surface area contributed by atoms with Crippen molar-refractivity contribution in [3.8, 4) is 5.82 Å². The quantitative estimate of drug-likeness (QED) is 0.360. The van der Waals surface area contributed by atoms with Crippen LogP contribution >= 0.6 is 11.8 Å². The summed E-state index contributed by atoms with van der Waals surface area (Å²) < 4.78 is 1.91. The summed E-state index contributed by atoms with van der Waals surface area (Å²) in [4.78, 5) is 35.9. The van der Waals surface area contributed by atoms with E-state index in [-0.39, 0.29) is 11.8 Å². The number of carbonyl (C=O) groups excluding carboxylic acids is 2. The Labute approximate surface area is 177 Å². The molecule has 0 aliphatic carbocycles. The van der Waals surface area contributed by atoms with Crippen LogP contribution in [0.1, 0.15) is 26.3 Å². The summed E-state index contributed by atoms with van der Waals surface area (Å²) in [6, 6.07) is 20.1. The SMILES string of the molecule is O=C1c2ccccc2C(=O)N1c1ccccc1CSc1nccn1-c1ccccn1. The number of hydrogen-bond donors (Lipinski definition) is 0. The van der Waals surface area contributed by atoms with Crippen LogP contribution in [-0.2, 0) is 5.75 Å². The largest absolute Gasteiger partial charge is 0.279 e. The van der Waals surface area contributed by atoms with Gasteiger partial charge in [0.2, 0.25) is 0 Å². The second-order valence-corrected chi connectivity index (χ2v) is 7.62. The van der Waals surface area contributed by atoms with Gasteiger partial charge in [-0.15, -0.1) is 0 Å². The van der Waals surface area contributed by atoms with Crippen molar-refractivity contribution in [1.82, 2.24) is 14.5 Å². The second-order valence-electron chi connectivity index (χ2n) is 6.68. The van der Waals surface area contributed by atoms with Crippen LogP contribution in [-0.4, -0.2) is 26.3 Å². The number of nitrogens with zero attached hydrogens (tertiary/aromatic N) is 4. The van der Waals surface area contributed by atoms with Crippen molar-refractivity contribution in [3.05, 3.63) is 102 Å². The highest BCUT2D eigenvalue weighted by molar-refractivity contribution is 7.98. The molecule has 0 bridgehead atoms. The lowest BCUT2D eigenvalue weighted by Gasteiger charge is -2.18. The predicted molar refractivity (Wildman–Crippen MR) is 115 cm³/mol. The van der Waals surface area contributed by atoms with Crippen LogP contribution in [0.4, 0.5) is 5.69 Å². The van der Waals surface area contributed by atoms with Crippen molar-refractivity contribution >= 4 is 29.3 Å². The van der Waals surface area contributed by atoms with Gasteiger partial charge in [-0.05, 0) is 35.9 Å². The maximum atomic E-state index is 12.9. The summed E-state index contributed by atoms with van der Waals surface area (Å²) in [5.74, 6) is 0.755. The van der Waals surface area contributed by atoms with Crippen LogP contribution in [0.5, 0.6) is 0 Å². The van der Waals surface area contributed by atoms with E-state index < -0.39 is 0 Å². The Balaban J connectivity index is 1.44. The number of benzene rings is 2. The third-order valence-electron chi connectivity index (χ3n) is 4.89. The number of rotatable bonds is 5. The lowest BCUT2D eigenvalue weighted by molar-refractivity contribution is 0.0926. The lowest BCUT2D eigenvalue weighted by atomic mass is 10.1. The predicted octanol–water partition coefficient (Wildman–Crippen LogP) is 4.36. The maximum absolute atomic E-state index is 12.9. The Morgan fingerprint density at radius 1 is 0.767 bits per heavy atom. The van der Waals surface area contributed by atoms with E-state index in [1.165, 1.54) is 16.7 Å². The average molecular weight is 412 g/mol. The molecular formula is C23H16N4O2S. The van der Waals surface area contributed by atoms with Gasteiger partial charge in [-0.1, -0.05) is 48.2 Å². The molecule has 0 fully saturated rings. The van der Waals surface area contributed by atoms with Crippen molar-refractivity contribution in [2.45, 2.75) is 10.9 Å². The van der Waals surface area contributed by atoms with Gasteiger partial charge in [-0.3, -0.25) is 14.2 Å². The number of para-hydroxylation sites is 1. The molecule has 1 aliphatic heterocycles. The lowest BCUT2D eigenvalue weighted by Crippen LogP contribution is -2.30. The van der Waals surface area contributed by atoms with Crippen LogP contribution in [0.3, 0.4) is 0 Å². The highest BCUT2D eigenvalue weighted by Crippen LogP contribution is 2.33. The third kappa shape index (κ3) is 3.09. The summed E-state index contributed by atoms with van der Waals surface area (Å²) in [5, 5.41) is 0.783. The Bertz CT molecular complexity index is 1220. The first-order chi connectivity index (χ1) is 14.7. The van der Waals surface area contributed by atoms with Crippen molar-refractivity contribution < 1.29 is 9.59 Å². The number of carbonyl (C=O) groups is 2. The summed E-state index contributed by atoms with van der Waals surface area (Å²) in [7, 11) is 0. The zero-order valence-corrected chi connectivity index (χ0v) is 16.6. The third-order valence-corrected chi connectivity index (χ3v) is 5.90. The summed E-state index contributed by atoms with van der Waals surface area (Å²) in [6.07, 6.45) is 5.33. The Hall–Kier alpha value is -3.71. The number of imidazole rings is 1. The zero-order chi connectivity index (χ0) is 20.5. The Morgan fingerprint density at radius 3 is 2.20 bits per heavy atom. The van der Waals surface area contributed by atoms with Crippen LogP contribution in [0.15, 0.2) is 90.5 Å². The summed E-state index contributed by atoms with van der Waals surface area (Å²) in [6.45, 7) is 0. The molecule has 0 atom stereocenters. The summed E-state index contributed by atoms with van der Waals surface area (Å²) in [5.41, 5.74) is 2.37. The molecule has 4 aromatic rings. The number of anilines is 1. The number of thioether (sulfide) groups is 1. The number of pyridine rings is 1. The molecule has 2 aromatic heterocycles. The van der Waals surface area contributed by atoms with Crippen molar-refractivity contribution in [1.29, 1.82) is 0 Å². The van der Waals surface area contributed by atoms with E-state index in [9.17, 15) is 9.59 Å². The van der Waals surface area contributed by atoms with Crippen LogP contribution < -0.4 is 4.90 Å². The minimum absolute atomic E-state index is 0.289. The van der Waals surface area contributed by atoms with Gasteiger partial charge in [0.1, 0.15) is 5.82 Å². The molecule has 7 heteroatoms. The minimum Gasteiger partial charge on any atom is -0.279 e. The fourth-order valence-corrected chi connectivity index (χ4v) is 4.43. The molecule has 146 valence electrons.